The van der Waals surface area contributed by atoms with Gasteiger partial charge in [-0.05, 0) is 30.2 Å². The topological polar surface area (TPSA) is 62.3 Å². The van der Waals surface area contributed by atoms with Crippen molar-refractivity contribution in [2.24, 2.45) is 12.8 Å². The molecule has 1 aromatic heterocycles. The standard InChI is InChI=1S/C14H17N3O2/c1-9-5-13-14(19-4-3-18-13)6-10(9)11-8-16-17(2)12(11)7-15/h5-6,8H,3-4,7,15H2,1-2H3. The predicted octanol–water partition coefficient (Wildman–Crippen LogP) is 1.63. The fraction of sp³-hybridized carbons (Fsp3) is 0.357. The molecule has 1 aliphatic rings. The molecular weight excluding hydrogens is 242 g/mol. The van der Waals surface area contributed by atoms with Crippen LogP contribution >= 0.6 is 0 Å². The molecule has 0 amide bonds. The molecule has 0 aliphatic carbocycles. The molecule has 0 radical (unpaired) electrons. The van der Waals surface area contributed by atoms with E-state index < -0.39 is 0 Å². The summed E-state index contributed by atoms with van der Waals surface area (Å²) >= 11 is 0. The first kappa shape index (κ1) is 12.0. The van der Waals surface area contributed by atoms with Crippen molar-refractivity contribution in [1.29, 1.82) is 0 Å². The number of hydrogen-bond donors (Lipinski definition) is 1. The quantitative estimate of drug-likeness (QED) is 0.890. The Bertz CT molecular complexity index is 619. The zero-order chi connectivity index (χ0) is 13.4. The van der Waals surface area contributed by atoms with Crippen LogP contribution in [-0.4, -0.2) is 23.0 Å². The smallest absolute Gasteiger partial charge is 0.161 e. The fourth-order valence-electron chi connectivity index (χ4n) is 2.41. The molecule has 0 saturated carbocycles. The van der Waals surface area contributed by atoms with Gasteiger partial charge in [0.2, 0.25) is 0 Å². The SMILES string of the molecule is Cc1cc2c(cc1-c1cnn(C)c1CN)OCCO2. The molecule has 1 aliphatic heterocycles. The largest absolute Gasteiger partial charge is 0.486 e. The Morgan fingerprint density at radius 2 is 1.89 bits per heavy atom. The highest BCUT2D eigenvalue weighted by Crippen LogP contribution is 2.38. The maximum atomic E-state index is 5.80. The number of rotatable bonds is 2. The van der Waals surface area contributed by atoms with Crippen molar-refractivity contribution in [2.75, 3.05) is 13.2 Å². The summed E-state index contributed by atoms with van der Waals surface area (Å²) in [7, 11) is 1.90. The number of aromatic nitrogens is 2. The summed E-state index contributed by atoms with van der Waals surface area (Å²) in [4.78, 5) is 0. The number of benzene rings is 1. The van der Waals surface area contributed by atoms with E-state index in [-0.39, 0.29) is 0 Å². The van der Waals surface area contributed by atoms with Gasteiger partial charge in [-0.15, -0.1) is 0 Å². The first-order valence-electron chi connectivity index (χ1n) is 6.32. The second-order valence-electron chi connectivity index (χ2n) is 4.64. The van der Waals surface area contributed by atoms with E-state index in [1.54, 1.807) is 0 Å². The second kappa shape index (κ2) is 4.59. The minimum Gasteiger partial charge on any atom is -0.486 e. The molecule has 2 N–H and O–H groups in total. The van der Waals surface area contributed by atoms with E-state index in [1.807, 2.05) is 30.1 Å². The second-order valence-corrected chi connectivity index (χ2v) is 4.64. The van der Waals surface area contributed by atoms with E-state index in [2.05, 4.69) is 12.0 Å². The van der Waals surface area contributed by atoms with Crippen molar-refractivity contribution in [1.82, 2.24) is 9.78 Å². The van der Waals surface area contributed by atoms with Crippen LogP contribution in [0.2, 0.25) is 0 Å². The third-order valence-corrected chi connectivity index (χ3v) is 3.43. The molecular formula is C14H17N3O2. The van der Waals surface area contributed by atoms with Gasteiger partial charge >= 0.3 is 0 Å². The molecule has 5 heteroatoms. The highest BCUT2D eigenvalue weighted by molar-refractivity contribution is 5.72. The van der Waals surface area contributed by atoms with Crippen LogP contribution in [0.1, 0.15) is 11.3 Å². The van der Waals surface area contributed by atoms with Crippen LogP contribution in [-0.2, 0) is 13.6 Å². The van der Waals surface area contributed by atoms with Crippen LogP contribution in [0.3, 0.4) is 0 Å². The Hall–Kier alpha value is -2.01. The van der Waals surface area contributed by atoms with E-state index in [0.29, 0.717) is 19.8 Å². The Labute approximate surface area is 111 Å². The molecule has 0 bridgehead atoms. The average Bonchev–Trinajstić information content (AvgIpc) is 2.78. The van der Waals surface area contributed by atoms with Crippen molar-refractivity contribution in [3.05, 3.63) is 29.6 Å². The summed E-state index contributed by atoms with van der Waals surface area (Å²) in [5.41, 5.74) is 10.1. The minimum atomic E-state index is 0.458. The van der Waals surface area contributed by atoms with Crippen LogP contribution in [0.5, 0.6) is 11.5 Å². The van der Waals surface area contributed by atoms with E-state index >= 15 is 0 Å². The predicted molar refractivity (Wildman–Crippen MR) is 72.3 cm³/mol. The summed E-state index contributed by atoms with van der Waals surface area (Å²) in [6, 6.07) is 4.02. The van der Waals surface area contributed by atoms with E-state index in [1.165, 1.54) is 0 Å². The maximum Gasteiger partial charge on any atom is 0.161 e. The molecule has 0 fully saturated rings. The Kier molecular flexibility index (Phi) is 2.91. The summed E-state index contributed by atoms with van der Waals surface area (Å²) in [6.07, 6.45) is 1.85. The van der Waals surface area contributed by atoms with E-state index in [0.717, 1.165) is 33.9 Å². The van der Waals surface area contributed by atoms with Gasteiger partial charge in [0.1, 0.15) is 13.2 Å². The van der Waals surface area contributed by atoms with Gasteiger partial charge in [-0.1, -0.05) is 0 Å². The average molecular weight is 259 g/mol. The maximum absolute atomic E-state index is 5.80. The highest BCUT2D eigenvalue weighted by Gasteiger charge is 2.17. The molecule has 1 aromatic carbocycles. The van der Waals surface area contributed by atoms with Crippen LogP contribution in [0.15, 0.2) is 18.3 Å². The number of nitrogens with two attached hydrogens (primary N) is 1. The molecule has 0 saturated heterocycles. The molecule has 19 heavy (non-hydrogen) atoms. The van der Waals surface area contributed by atoms with Crippen molar-refractivity contribution in [3.8, 4) is 22.6 Å². The van der Waals surface area contributed by atoms with Gasteiger partial charge in [-0.3, -0.25) is 4.68 Å². The fourth-order valence-corrected chi connectivity index (χ4v) is 2.41. The molecule has 0 unspecified atom stereocenters. The lowest BCUT2D eigenvalue weighted by atomic mass is 10.00. The molecule has 3 rings (SSSR count). The van der Waals surface area contributed by atoms with Crippen LogP contribution in [0.4, 0.5) is 0 Å². The van der Waals surface area contributed by atoms with Gasteiger partial charge in [0.15, 0.2) is 11.5 Å². The summed E-state index contributed by atoms with van der Waals surface area (Å²) in [6.45, 7) is 3.71. The highest BCUT2D eigenvalue weighted by atomic mass is 16.6. The van der Waals surface area contributed by atoms with Gasteiger partial charge in [-0.2, -0.15) is 5.10 Å². The first-order valence-corrected chi connectivity index (χ1v) is 6.32. The monoisotopic (exact) mass is 259 g/mol. The summed E-state index contributed by atoms with van der Waals surface area (Å²) in [5, 5.41) is 4.28. The molecule has 2 aromatic rings. The van der Waals surface area contributed by atoms with E-state index in [9.17, 15) is 0 Å². The lowest BCUT2D eigenvalue weighted by molar-refractivity contribution is 0.171. The van der Waals surface area contributed by atoms with E-state index in [4.69, 9.17) is 15.2 Å². The lowest BCUT2D eigenvalue weighted by Crippen LogP contribution is -2.15. The van der Waals surface area contributed by atoms with Crippen molar-refractivity contribution < 1.29 is 9.47 Å². The van der Waals surface area contributed by atoms with Crippen molar-refractivity contribution in [3.63, 3.8) is 0 Å². The molecule has 100 valence electrons. The van der Waals surface area contributed by atoms with Crippen LogP contribution in [0, 0.1) is 6.92 Å². The third kappa shape index (κ3) is 1.96. The Balaban J connectivity index is 2.14. The van der Waals surface area contributed by atoms with Crippen molar-refractivity contribution in [2.45, 2.75) is 13.5 Å². The zero-order valence-electron chi connectivity index (χ0n) is 11.1. The Morgan fingerprint density at radius 1 is 1.21 bits per heavy atom. The molecule has 0 atom stereocenters. The first-order chi connectivity index (χ1) is 9.20. The molecule has 0 spiro atoms. The zero-order valence-corrected chi connectivity index (χ0v) is 11.1. The summed E-state index contributed by atoms with van der Waals surface area (Å²) in [5.74, 6) is 1.60. The van der Waals surface area contributed by atoms with Crippen LogP contribution < -0.4 is 15.2 Å². The lowest BCUT2D eigenvalue weighted by Gasteiger charge is -2.20. The number of fused-ring (bicyclic) bond motifs is 1. The molecule has 2 heterocycles. The normalized spacial score (nSPS) is 13.6. The number of ether oxygens (including phenoxy) is 2. The Morgan fingerprint density at radius 3 is 2.58 bits per heavy atom. The van der Waals surface area contributed by atoms with Gasteiger partial charge in [-0.25, -0.2) is 0 Å². The van der Waals surface area contributed by atoms with Gasteiger partial charge in [0.05, 0.1) is 11.9 Å². The van der Waals surface area contributed by atoms with Gasteiger partial charge in [0.25, 0.3) is 0 Å². The molecule has 5 nitrogen and oxygen atoms in total. The minimum absolute atomic E-state index is 0.458. The van der Waals surface area contributed by atoms with Crippen LogP contribution in [0.25, 0.3) is 11.1 Å². The van der Waals surface area contributed by atoms with Gasteiger partial charge in [0, 0.05) is 19.2 Å². The van der Waals surface area contributed by atoms with Crippen molar-refractivity contribution >= 4 is 0 Å². The number of hydrogen-bond acceptors (Lipinski definition) is 4. The number of aryl methyl sites for hydroxylation is 2. The summed E-state index contributed by atoms with van der Waals surface area (Å²) < 4.78 is 13.0. The van der Waals surface area contributed by atoms with Gasteiger partial charge < -0.3 is 15.2 Å². The number of nitrogens with zero attached hydrogens (tertiary/aromatic N) is 2. The third-order valence-electron chi connectivity index (χ3n) is 3.43.